The lowest BCUT2D eigenvalue weighted by atomic mass is 9.97. The molecule has 2 nitrogen and oxygen atoms in total. The second-order valence-corrected chi connectivity index (χ2v) is 6.76. The molecule has 0 aliphatic carbocycles. The van der Waals surface area contributed by atoms with Gasteiger partial charge in [-0.25, -0.2) is 4.98 Å². The van der Waals surface area contributed by atoms with Gasteiger partial charge in [0.1, 0.15) is 0 Å². The molecule has 0 atom stereocenters. The normalized spacial score (nSPS) is 9.35. The van der Waals surface area contributed by atoms with Gasteiger partial charge in [0.05, 0.1) is 11.2 Å². The Morgan fingerprint density at radius 2 is 1.23 bits per heavy atom. The summed E-state index contributed by atoms with van der Waals surface area (Å²) >= 11 is 0. The number of fused-ring (bicyclic) bond motifs is 2. The summed E-state index contributed by atoms with van der Waals surface area (Å²) in [5.41, 5.74) is 8.53. The van der Waals surface area contributed by atoms with Crippen molar-refractivity contribution >= 4 is 21.8 Å². The van der Waals surface area contributed by atoms with Crippen LogP contribution in [-0.2, 0) is 7.05 Å². The van der Waals surface area contributed by atoms with Crippen LogP contribution in [0.5, 0.6) is 0 Å². The maximum Gasteiger partial charge on any atom is 0.0765 e. The number of hydrogen-bond donors (Lipinski definition) is 0. The van der Waals surface area contributed by atoms with E-state index in [0.717, 1.165) is 11.2 Å². The van der Waals surface area contributed by atoms with Crippen LogP contribution in [0.3, 0.4) is 0 Å². The highest BCUT2D eigenvalue weighted by Crippen LogP contribution is 2.37. The van der Waals surface area contributed by atoms with Crippen molar-refractivity contribution in [2.24, 2.45) is 7.05 Å². The summed E-state index contributed by atoms with van der Waals surface area (Å²) < 4.78 is 2.26. The fourth-order valence-corrected chi connectivity index (χ4v) is 3.54. The summed E-state index contributed by atoms with van der Waals surface area (Å²) in [7, 11) is 2.13. The molecular weight excluding hydrogens is 376 g/mol. The van der Waals surface area contributed by atoms with Crippen LogP contribution in [0.4, 0.5) is 0 Å². The maximum absolute atomic E-state index is 5.02. The van der Waals surface area contributed by atoms with E-state index in [4.69, 9.17) is 4.98 Å². The summed E-state index contributed by atoms with van der Waals surface area (Å²) in [5, 5.41) is 2.52. The Balaban J connectivity index is 0.000000532. The van der Waals surface area contributed by atoms with E-state index in [-0.39, 0.29) is 0 Å². The zero-order valence-corrected chi connectivity index (χ0v) is 21.0. The van der Waals surface area contributed by atoms with Crippen LogP contribution >= 0.6 is 0 Å². The predicted octanol–water partition coefficient (Wildman–Crippen LogP) is 8.40. The van der Waals surface area contributed by atoms with Crippen molar-refractivity contribution in [3.63, 3.8) is 0 Å². The van der Waals surface area contributed by atoms with Crippen molar-refractivity contribution < 1.29 is 0 Å². The average Bonchev–Trinajstić information content (AvgIpc) is 3.09. The topological polar surface area (TPSA) is 17.8 Å². The number of aryl methyl sites for hydroxylation is 2. The quantitative estimate of drug-likeness (QED) is 0.286. The van der Waals surface area contributed by atoms with Gasteiger partial charge in [0.25, 0.3) is 0 Å². The molecule has 2 aromatic carbocycles. The highest BCUT2D eigenvalue weighted by atomic mass is 14.9. The lowest BCUT2D eigenvalue weighted by molar-refractivity contribution is 0.918. The largest absolute Gasteiger partial charge is 0.347 e. The Kier molecular flexibility index (Phi) is 10.6. The first-order valence-electron chi connectivity index (χ1n) is 11.2. The van der Waals surface area contributed by atoms with Gasteiger partial charge in [0.2, 0.25) is 0 Å². The van der Waals surface area contributed by atoms with Gasteiger partial charge in [-0.2, -0.15) is 0 Å². The molecule has 0 aliphatic rings. The van der Waals surface area contributed by atoms with Gasteiger partial charge in [0, 0.05) is 34.6 Å². The molecule has 0 amide bonds. The second kappa shape index (κ2) is 12.6. The molecule has 2 heterocycles. The zero-order chi connectivity index (χ0) is 23.6. The third kappa shape index (κ3) is 5.36. The zero-order valence-electron chi connectivity index (χ0n) is 21.0. The smallest absolute Gasteiger partial charge is 0.0765 e. The van der Waals surface area contributed by atoms with Crippen LogP contribution < -0.4 is 0 Å². The predicted molar refractivity (Wildman–Crippen MR) is 140 cm³/mol. The van der Waals surface area contributed by atoms with E-state index in [1.54, 1.807) is 0 Å². The Bertz CT molecular complexity index is 1180. The minimum Gasteiger partial charge on any atom is -0.347 e. The van der Waals surface area contributed by atoms with E-state index in [9.17, 15) is 0 Å². The maximum atomic E-state index is 5.02. The molecule has 164 valence electrons. The highest BCUT2D eigenvalue weighted by Gasteiger charge is 2.18. The van der Waals surface area contributed by atoms with E-state index in [2.05, 4.69) is 92.8 Å². The minimum atomic E-state index is 1.07. The molecule has 0 radical (unpaired) electrons. The Hall–Kier alpha value is -3.05. The SMILES string of the molecule is CC.CC.CC#CC.Cc1c(-c2c(C)n(C)c3ccccc23)nc2ccccc2c1C. The Morgan fingerprint density at radius 3 is 1.81 bits per heavy atom. The van der Waals surface area contributed by atoms with Crippen LogP contribution in [-0.4, -0.2) is 9.55 Å². The van der Waals surface area contributed by atoms with Gasteiger partial charge in [-0.3, -0.25) is 0 Å². The molecular formula is C29H38N2. The summed E-state index contributed by atoms with van der Waals surface area (Å²) in [6.45, 7) is 18.2. The van der Waals surface area contributed by atoms with Crippen molar-refractivity contribution in [2.75, 3.05) is 0 Å². The molecule has 4 aromatic rings. The molecule has 0 fully saturated rings. The number of aromatic nitrogens is 2. The molecule has 0 unspecified atom stereocenters. The van der Waals surface area contributed by atoms with Gasteiger partial charge < -0.3 is 4.57 Å². The molecule has 0 bridgehead atoms. The highest BCUT2D eigenvalue weighted by molar-refractivity contribution is 5.99. The van der Waals surface area contributed by atoms with Crippen LogP contribution in [0.25, 0.3) is 33.1 Å². The van der Waals surface area contributed by atoms with Crippen LogP contribution in [0.2, 0.25) is 0 Å². The van der Waals surface area contributed by atoms with Crippen molar-refractivity contribution in [1.82, 2.24) is 9.55 Å². The van der Waals surface area contributed by atoms with Crippen LogP contribution in [0, 0.1) is 32.6 Å². The molecule has 2 heteroatoms. The summed E-state index contributed by atoms with van der Waals surface area (Å²) in [6, 6.07) is 17.0. The van der Waals surface area contributed by atoms with Gasteiger partial charge in [0.15, 0.2) is 0 Å². The molecule has 0 N–H and O–H groups in total. The number of benzene rings is 2. The van der Waals surface area contributed by atoms with Gasteiger partial charge in [-0.05, 0) is 57.9 Å². The summed E-state index contributed by atoms with van der Waals surface area (Å²) in [5.74, 6) is 5.36. The number of rotatable bonds is 1. The number of hydrogen-bond acceptors (Lipinski definition) is 1. The lowest BCUT2D eigenvalue weighted by Crippen LogP contribution is -1.96. The molecule has 2 aromatic heterocycles. The van der Waals surface area contributed by atoms with Gasteiger partial charge >= 0.3 is 0 Å². The first-order chi connectivity index (χ1) is 15.0. The molecule has 0 aliphatic heterocycles. The lowest BCUT2D eigenvalue weighted by Gasteiger charge is -2.12. The second-order valence-electron chi connectivity index (χ2n) is 6.76. The van der Waals surface area contributed by atoms with Crippen molar-refractivity contribution in [3.05, 3.63) is 65.4 Å². The summed E-state index contributed by atoms with van der Waals surface area (Å²) in [6.07, 6.45) is 0. The number of pyridine rings is 1. The van der Waals surface area contributed by atoms with Crippen LogP contribution in [0.1, 0.15) is 58.4 Å². The van der Waals surface area contributed by atoms with Crippen LogP contribution in [0.15, 0.2) is 48.5 Å². The molecule has 4 rings (SSSR count). The van der Waals surface area contributed by atoms with E-state index >= 15 is 0 Å². The van der Waals surface area contributed by atoms with E-state index < -0.39 is 0 Å². The fourth-order valence-electron chi connectivity index (χ4n) is 3.54. The Labute approximate surface area is 189 Å². The minimum absolute atomic E-state index is 1.07. The van der Waals surface area contributed by atoms with Crippen molar-refractivity contribution in [1.29, 1.82) is 0 Å². The third-order valence-corrected chi connectivity index (χ3v) is 5.34. The van der Waals surface area contributed by atoms with Crippen molar-refractivity contribution in [2.45, 2.75) is 62.3 Å². The molecule has 0 saturated carbocycles. The monoisotopic (exact) mass is 414 g/mol. The van der Waals surface area contributed by atoms with Gasteiger partial charge in [-0.15, -0.1) is 11.8 Å². The standard InChI is InChI=1S/C21H20N2.C4H6.2C2H6/c1-13-14(2)21(22-18-11-7-5-9-16(13)18)20-15(3)23(4)19-12-8-6-10-17(19)20;1-3-4-2;2*1-2/h5-12H,1-4H3;1-2H3;2*1-2H3. The first-order valence-corrected chi connectivity index (χ1v) is 11.2. The molecule has 0 saturated heterocycles. The average molecular weight is 415 g/mol. The number of para-hydroxylation sites is 2. The van der Waals surface area contributed by atoms with E-state index in [1.165, 1.54) is 38.7 Å². The molecule has 0 spiro atoms. The summed E-state index contributed by atoms with van der Waals surface area (Å²) in [4.78, 5) is 5.02. The Morgan fingerprint density at radius 1 is 0.710 bits per heavy atom. The molecule has 31 heavy (non-hydrogen) atoms. The first kappa shape index (κ1) is 26.0. The third-order valence-electron chi connectivity index (χ3n) is 5.34. The van der Waals surface area contributed by atoms with E-state index in [0.29, 0.717) is 0 Å². The van der Waals surface area contributed by atoms with Gasteiger partial charge in [-0.1, -0.05) is 64.1 Å². The fraction of sp³-hybridized carbons (Fsp3) is 0.345. The van der Waals surface area contributed by atoms with Crippen molar-refractivity contribution in [3.8, 4) is 23.1 Å². The number of nitrogens with zero attached hydrogens (tertiary/aromatic N) is 2. The van der Waals surface area contributed by atoms with E-state index in [1.807, 2.05) is 41.5 Å².